The van der Waals surface area contributed by atoms with Gasteiger partial charge in [-0.15, -0.1) is 0 Å². The van der Waals surface area contributed by atoms with Crippen molar-refractivity contribution in [3.05, 3.63) is 11.4 Å². The Hall–Kier alpha value is -1.37. The van der Waals surface area contributed by atoms with Gasteiger partial charge in [-0.1, -0.05) is 19.3 Å². The van der Waals surface area contributed by atoms with Gasteiger partial charge >= 0.3 is 0 Å². The van der Waals surface area contributed by atoms with Crippen LogP contribution in [-0.4, -0.2) is 29.1 Å². The van der Waals surface area contributed by atoms with E-state index in [9.17, 15) is 13.2 Å². The highest BCUT2D eigenvalue weighted by Crippen LogP contribution is 2.33. The summed E-state index contributed by atoms with van der Waals surface area (Å²) in [4.78, 5) is 15.5. The number of rotatable bonds is 4. The van der Waals surface area contributed by atoms with E-state index >= 15 is 0 Å². The number of hydrogen-bond donors (Lipinski definition) is 1. The maximum Gasteiger partial charge on any atom is 0.235 e. The highest BCUT2D eigenvalue weighted by atomic mass is 32.2. The summed E-state index contributed by atoms with van der Waals surface area (Å²) in [6, 6.07) is 0.143. The van der Waals surface area contributed by atoms with E-state index in [1.54, 1.807) is 6.92 Å². The summed E-state index contributed by atoms with van der Waals surface area (Å²) in [5.41, 5.74) is 6.73. The van der Waals surface area contributed by atoms with Crippen molar-refractivity contribution < 1.29 is 13.2 Å². The molecule has 0 saturated heterocycles. The van der Waals surface area contributed by atoms with E-state index in [-0.39, 0.29) is 11.2 Å². The molecule has 1 aromatic heterocycles. The second-order valence-corrected chi connectivity index (χ2v) is 7.98. The molecule has 0 radical (unpaired) electrons. The fourth-order valence-electron chi connectivity index (χ4n) is 2.88. The van der Waals surface area contributed by atoms with Crippen LogP contribution in [0.25, 0.3) is 0 Å². The zero-order chi connectivity index (χ0) is 15.8. The molecule has 0 aliphatic heterocycles. The second kappa shape index (κ2) is 5.79. The maximum absolute atomic E-state index is 12.6. The van der Waals surface area contributed by atoms with Crippen molar-refractivity contribution >= 4 is 15.7 Å². The molecule has 21 heavy (non-hydrogen) atoms. The zero-order valence-electron chi connectivity index (χ0n) is 12.8. The summed E-state index contributed by atoms with van der Waals surface area (Å²) in [6.07, 6.45) is 5.26. The van der Waals surface area contributed by atoms with Gasteiger partial charge in [-0.3, -0.25) is 4.79 Å². The first kappa shape index (κ1) is 16.0. The van der Waals surface area contributed by atoms with E-state index in [0.29, 0.717) is 5.69 Å². The molecule has 1 heterocycles. The first-order chi connectivity index (χ1) is 9.76. The number of nitrogens with zero attached hydrogens (tertiary/aromatic N) is 2. The normalized spacial score (nSPS) is 18.6. The molecule has 1 amide bonds. The van der Waals surface area contributed by atoms with Crippen LogP contribution in [0.15, 0.2) is 5.16 Å². The Morgan fingerprint density at radius 3 is 2.38 bits per heavy atom. The molecule has 6 nitrogen and oxygen atoms in total. The molecule has 2 N–H and O–H groups in total. The monoisotopic (exact) mass is 313 g/mol. The Morgan fingerprint density at radius 1 is 1.29 bits per heavy atom. The number of carbonyl (C=O) groups excluding carboxylic acids is 1. The lowest BCUT2D eigenvalue weighted by Gasteiger charge is -2.26. The molecule has 0 spiro atoms. The molecular formula is C14H23N3O3S. The van der Waals surface area contributed by atoms with Gasteiger partial charge in [-0.2, -0.15) is 0 Å². The molecule has 1 aliphatic carbocycles. The van der Waals surface area contributed by atoms with E-state index in [1.807, 2.05) is 11.5 Å². The summed E-state index contributed by atoms with van der Waals surface area (Å²) in [5, 5.41) is -1.27. The van der Waals surface area contributed by atoms with Crippen LogP contribution in [0, 0.1) is 13.8 Å². The number of imidazole rings is 1. The Balaban J connectivity index is 2.54. The van der Waals surface area contributed by atoms with Crippen LogP contribution in [0.2, 0.25) is 0 Å². The summed E-state index contributed by atoms with van der Waals surface area (Å²) in [5.74, 6) is -0.844. The van der Waals surface area contributed by atoms with Crippen molar-refractivity contribution in [2.24, 2.45) is 5.73 Å². The number of nitrogens with two attached hydrogens (primary N) is 1. The Bertz CT molecular complexity index is 643. The van der Waals surface area contributed by atoms with Crippen molar-refractivity contribution in [3.8, 4) is 0 Å². The smallest absolute Gasteiger partial charge is 0.235 e. The first-order valence-corrected chi connectivity index (χ1v) is 8.90. The van der Waals surface area contributed by atoms with Crippen molar-refractivity contribution in [3.63, 3.8) is 0 Å². The molecule has 1 atom stereocenters. The van der Waals surface area contributed by atoms with Gasteiger partial charge in [0, 0.05) is 11.7 Å². The number of hydrogen-bond acceptors (Lipinski definition) is 4. The van der Waals surface area contributed by atoms with Gasteiger partial charge in [0.15, 0.2) is 0 Å². The van der Waals surface area contributed by atoms with Crippen molar-refractivity contribution in [2.45, 2.75) is 69.3 Å². The topological polar surface area (TPSA) is 95.1 Å². The van der Waals surface area contributed by atoms with Crippen molar-refractivity contribution in [2.75, 3.05) is 0 Å². The van der Waals surface area contributed by atoms with Crippen LogP contribution >= 0.6 is 0 Å². The average molecular weight is 313 g/mol. The largest absolute Gasteiger partial charge is 0.369 e. The molecule has 2 rings (SSSR count). The van der Waals surface area contributed by atoms with Crippen LogP contribution in [0.3, 0.4) is 0 Å². The molecule has 1 saturated carbocycles. The molecule has 118 valence electrons. The van der Waals surface area contributed by atoms with Gasteiger partial charge in [0.1, 0.15) is 5.25 Å². The van der Waals surface area contributed by atoms with Gasteiger partial charge in [-0.05, 0) is 33.6 Å². The Labute approximate surface area is 125 Å². The van der Waals surface area contributed by atoms with E-state index in [2.05, 4.69) is 4.98 Å². The third-order valence-corrected chi connectivity index (χ3v) is 6.37. The summed E-state index contributed by atoms with van der Waals surface area (Å²) >= 11 is 0. The van der Waals surface area contributed by atoms with E-state index in [1.165, 1.54) is 13.3 Å². The lowest BCUT2D eigenvalue weighted by atomic mass is 9.95. The van der Waals surface area contributed by atoms with Gasteiger partial charge in [0.05, 0.1) is 5.69 Å². The molecule has 1 unspecified atom stereocenters. The van der Waals surface area contributed by atoms with Crippen LogP contribution in [0.5, 0.6) is 0 Å². The van der Waals surface area contributed by atoms with Crippen LogP contribution in [0.4, 0.5) is 0 Å². The van der Waals surface area contributed by atoms with E-state index < -0.39 is 21.0 Å². The standard InChI is InChI=1S/C14H23N3O3S/c1-9-10(2)17(12-7-5-4-6-8-12)14(16-9)21(19,20)11(3)13(15)18/h11-12H,4-8H2,1-3H3,(H2,15,18). The first-order valence-electron chi connectivity index (χ1n) is 7.35. The second-order valence-electron chi connectivity index (χ2n) is 5.82. The number of primary amides is 1. The number of aryl methyl sites for hydroxylation is 1. The van der Waals surface area contributed by atoms with Crippen LogP contribution in [-0.2, 0) is 14.6 Å². The van der Waals surface area contributed by atoms with Gasteiger partial charge in [-0.25, -0.2) is 13.4 Å². The summed E-state index contributed by atoms with van der Waals surface area (Å²) in [6.45, 7) is 5.00. The van der Waals surface area contributed by atoms with E-state index in [0.717, 1.165) is 31.4 Å². The van der Waals surface area contributed by atoms with Crippen LogP contribution in [0.1, 0.15) is 56.5 Å². The predicted octanol–water partition coefficient (Wildman–Crippen LogP) is 1.65. The third kappa shape index (κ3) is 2.84. The molecule has 1 aliphatic rings. The molecular weight excluding hydrogens is 290 g/mol. The lowest BCUT2D eigenvalue weighted by Crippen LogP contribution is -2.35. The zero-order valence-corrected chi connectivity index (χ0v) is 13.6. The summed E-state index contributed by atoms with van der Waals surface area (Å²) < 4.78 is 27.0. The average Bonchev–Trinajstić information content (AvgIpc) is 2.75. The number of carbonyl (C=O) groups is 1. The predicted molar refractivity (Wildman–Crippen MR) is 79.7 cm³/mol. The van der Waals surface area contributed by atoms with Gasteiger partial charge in [0.2, 0.25) is 20.9 Å². The Kier molecular flexibility index (Phi) is 4.41. The van der Waals surface area contributed by atoms with Crippen molar-refractivity contribution in [1.29, 1.82) is 0 Å². The van der Waals surface area contributed by atoms with Crippen molar-refractivity contribution in [1.82, 2.24) is 9.55 Å². The fraction of sp³-hybridized carbons (Fsp3) is 0.714. The number of amides is 1. The minimum absolute atomic E-state index is 0.00398. The fourth-order valence-corrected chi connectivity index (χ4v) is 4.32. The van der Waals surface area contributed by atoms with Gasteiger partial charge in [0.25, 0.3) is 0 Å². The molecule has 0 aromatic carbocycles. The highest BCUT2D eigenvalue weighted by molar-refractivity contribution is 7.92. The molecule has 7 heteroatoms. The molecule has 0 bridgehead atoms. The minimum atomic E-state index is -3.84. The minimum Gasteiger partial charge on any atom is -0.369 e. The highest BCUT2D eigenvalue weighted by Gasteiger charge is 2.35. The molecule has 1 fully saturated rings. The summed E-state index contributed by atoms with van der Waals surface area (Å²) in [7, 11) is -3.84. The Morgan fingerprint density at radius 2 is 1.86 bits per heavy atom. The van der Waals surface area contributed by atoms with Gasteiger partial charge < -0.3 is 10.3 Å². The molecule has 1 aromatic rings. The maximum atomic E-state index is 12.6. The number of aromatic nitrogens is 2. The SMILES string of the molecule is Cc1nc(S(=O)(=O)C(C)C(N)=O)n(C2CCCCC2)c1C. The third-order valence-electron chi connectivity index (χ3n) is 4.41. The van der Waals surface area contributed by atoms with Crippen LogP contribution < -0.4 is 5.73 Å². The van der Waals surface area contributed by atoms with E-state index in [4.69, 9.17) is 5.73 Å². The quantitative estimate of drug-likeness (QED) is 0.914. The number of sulfone groups is 1. The lowest BCUT2D eigenvalue weighted by molar-refractivity contribution is -0.117.